The summed E-state index contributed by atoms with van der Waals surface area (Å²) in [4.78, 5) is 30.8. The molecule has 2 amide bonds. The fourth-order valence-corrected chi connectivity index (χ4v) is 5.57. The molecule has 162 valence electrons. The minimum atomic E-state index is -1.58. The number of carbonyl (C=O) groups is 2. The quantitative estimate of drug-likeness (QED) is 0.597. The number of halogens is 1. The molecule has 2 aliphatic heterocycles. The van der Waals surface area contributed by atoms with Crippen molar-refractivity contribution in [2.24, 2.45) is 0 Å². The van der Waals surface area contributed by atoms with Crippen molar-refractivity contribution in [1.82, 2.24) is 4.90 Å². The van der Waals surface area contributed by atoms with E-state index in [1.54, 1.807) is 59.5 Å². The molecule has 0 aliphatic carbocycles. The maximum absolute atomic E-state index is 13.6. The highest BCUT2D eigenvalue weighted by molar-refractivity contribution is 7.85. The Kier molecular flexibility index (Phi) is 5.35. The van der Waals surface area contributed by atoms with Crippen LogP contribution in [0.1, 0.15) is 39.1 Å². The maximum atomic E-state index is 13.6. The van der Waals surface area contributed by atoms with Crippen molar-refractivity contribution < 1.29 is 18.2 Å². The lowest BCUT2D eigenvalue weighted by Gasteiger charge is -2.24. The van der Waals surface area contributed by atoms with Gasteiger partial charge in [-0.15, -0.1) is 0 Å². The summed E-state index contributed by atoms with van der Waals surface area (Å²) in [6.45, 7) is 1.59. The summed E-state index contributed by atoms with van der Waals surface area (Å²) in [6, 6.07) is 17.8. The van der Waals surface area contributed by atoms with E-state index in [0.29, 0.717) is 39.7 Å². The van der Waals surface area contributed by atoms with Gasteiger partial charge in [0.15, 0.2) is 0 Å². The van der Waals surface area contributed by atoms with E-state index >= 15 is 0 Å². The lowest BCUT2D eigenvalue weighted by atomic mass is 10.1. The van der Waals surface area contributed by atoms with E-state index in [4.69, 9.17) is 0 Å². The highest BCUT2D eigenvalue weighted by Crippen LogP contribution is 2.36. The van der Waals surface area contributed by atoms with E-state index in [2.05, 4.69) is 0 Å². The van der Waals surface area contributed by atoms with E-state index in [-0.39, 0.29) is 24.2 Å². The van der Waals surface area contributed by atoms with Crippen LogP contribution in [0.25, 0.3) is 0 Å². The molecular formula is C25H21FN2O3S. The Morgan fingerprint density at radius 3 is 2.41 bits per heavy atom. The molecule has 0 aromatic heterocycles. The molecule has 5 nitrogen and oxygen atoms in total. The third kappa shape index (κ3) is 3.62. The van der Waals surface area contributed by atoms with Gasteiger partial charge in [0.25, 0.3) is 11.8 Å². The smallest absolute Gasteiger partial charge is 0.259 e. The Hall–Kier alpha value is -3.32. The van der Waals surface area contributed by atoms with Crippen molar-refractivity contribution in [3.05, 3.63) is 89.2 Å². The molecule has 32 heavy (non-hydrogen) atoms. The number of amides is 2. The van der Waals surface area contributed by atoms with Crippen LogP contribution in [0.15, 0.2) is 76.5 Å². The predicted molar refractivity (Wildman–Crippen MR) is 120 cm³/mol. The highest BCUT2D eigenvalue weighted by atomic mass is 32.2. The normalized spacial score (nSPS) is 17.7. The van der Waals surface area contributed by atoms with Crippen molar-refractivity contribution in [1.29, 1.82) is 0 Å². The number of rotatable bonds is 3. The van der Waals surface area contributed by atoms with Gasteiger partial charge in [-0.25, -0.2) is 8.60 Å². The SMILES string of the molecule is O=C(c1ccc2c(c1)N(Cc1ccc(F)cc1)C(=O)c1ccccc1[S@]2=O)N1CCCC1. The zero-order valence-corrected chi connectivity index (χ0v) is 18.1. The van der Waals surface area contributed by atoms with Crippen molar-refractivity contribution in [3.8, 4) is 0 Å². The van der Waals surface area contributed by atoms with Crippen LogP contribution in [0.3, 0.4) is 0 Å². The second-order valence-corrected chi connectivity index (χ2v) is 9.38. The summed E-state index contributed by atoms with van der Waals surface area (Å²) in [7, 11) is -1.58. The number of anilines is 1. The van der Waals surface area contributed by atoms with Crippen LogP contribution in [-0.2, 0) is 17.3 Å². The van der Waals surface area contributed by atoms with Gasteiger partial charge in [0.05, 0.1) is 38.4 Å². The molecule has 1 saturated heterocycles. The van der Waals surface area contributed by atoms with E-state index in [1.165, 1.54) is 17.0 Å². The van der Waals surface area contributed by atoms with Crippen LogP contribution in [-0.4, -0.2) is 34.0 Å². The van der Waals surface area contributed by atoms with E-state index in [9.17, 15) is 18.2 Å². The van der Waals surface area contributed by atoms with Crippen molar-refractivity contribution >= 4 is 28.3 Å². The summed E-state index contributed by atoms with van der Waals surface area (Å²) >= 11 is 0. The number of likely N-dealkylation sites (tertiary alicyclic amines) is 1. The van der Waals surface area contributed by atoms with Crippen LogP contribution in [0.5, 0.6) is 0 Å². The molecule has 3 aromatic carbocycles. The van der Waals surface area contributed by atoms with Gasteiger partial charge in [-0.3, -0.25) is 9.59 Å². The van der Waals surface area contributed by atoms with E-state index in [0.717, 1.165) is 18.4 Å². The van der Waals surface area contributed by atoms with Crippen molar-refractivity contribution in [3.63, 3.8) is 0 Å². The van der Waals surface area contributed by atoms with Crippen molar-refractivity contribution in [2.45, 2.75) is 29.2 Å². The molecule has 0 N–H and O–H groups in total. The molecule has 5 rings (SSSR count). The Bertz CT molecular complexity index is 1240. The van der Waals surface area contributed by atoms with Gasteiger partial charge in [0.2, 0.25) is 0 Å². The first-order chi connectivity index (χ1) is 15.5. The van der Waals surface area contributed by atoms with Gasteiger partial charge < -0.3 is 9.80 Å². The fourth-order valence-electron chi connectivity index (χ4n) is 4.23. The van der Waals surface area contributed by atoms with E-state index < -0.39 is 10.8 Å². The summed E-state index contributed by atoms with van der Waals surface area (Å²) in [6.07, 6.45) is 1.95. The van der Waals surface area contributed by atoms with Crippen LogP contribution in [0.2, 0.25) is 0 Å². The number of carbonyl (C=O) groups excluding carboxylic acids is 2. The van der Waals surface area contributed by atoms with Crippen LogP contribution >= 0.6 is 0 Å². The Labute approximate surface area is 187 Å². The molecule has 2 aliphatic rings. The molecule has 2 heterocycles. The Morgan fingerprint density at radius 2 is 1.66 bits per heavy atom. The molecule has 1 atom stereocenters. The minimum absolute atomic E-state index is 0.0907. The molecule has 1 fully saturated rings. The monoisotopic (exact) mass is 448 g/mol. The van der Waals surface area contributed by atoms with Gasteiger partial charge >= 0.3 is 0 Å². The van der Waals surface area contributed by atoms with Gasteiger partial charge in [-0.05, 0) is 60.9 Å². The minimum Gasteiger partial charge on any atom is -0.339 e. The highest BCUT2D eigenvalue weighted by Gasteiger charge is 2.32. The van der Waals surface area contributed by atoms with Crippen LogP contribution in [0, 0.1) is 5.82 Å². The first-order valence-corrected chi connectivity index (χ1v) is 11.7. The second-order valence-electron chi connectivity index (χ2n) is 7.96. The lowest BCUT2D eigenvalue weighted by molar-refractivity contribution is 0.0792. The van der Waals surface area contributed by atoms with Gasteiger partial charge in [-0.1, -0.05) is 24.3 Å². The number of fused-ring (bicyclic) bond motifs is 2. The maximum Gasteiger partial charge on any atom is 0.259 e. The van der Waals surface area contributed by atoms with E-state index in [1.807, 2.05) is 0 Å². The molecule has 0 bridgehead atoms. The first kappa shape index (κ1) is 20.6. The van der Waals surface area contributed by atoms with Crippen molar-refractivity contribution in [2.75, 3.05) is 18.0 Å². The van der Waals surface area contributed by atoms with Gasteiger partial charge in [0, 0.05) is 18.7 Å². The lowest BCUT2D eigenvalue weighted by Crippen LogP contribution is -2.31. The standard InChI is InChI=1S/C25H21FN2O3S/c26-19-10-7-17(8-11-19)16-28-21-15-18(24(29)27-13-3-4-14-27)9-12-23(21)32(31)22-6-2-1-5-20(22)25(28)30/h1-2,5-12,15H,3-4,13-14,16H2/t32-/m1/s1. The molecule has 0 spiro atoms. The number of hydrogen-bond donors (Lipinski definition) is 0. The first-order valence-electron chi connectivity index (χ1n) is 10.5. The summed E-state index contributed by atoms with van der Waals surface area (Å²) in [5.41, 5.74) is 1.99. The molecule has 0 saturated carbocycles. The zero-order valence-electron chi connectivity index (χ0n) is 17.3. The number of benzene rings is 3. The average Bonchev–Trinajstić information content (AvgIpc) is 3.35. The molecular weight excluding hydrogens is 427 g/mol. The Morgan fingerprint density at radius 1 is 0.938 bits per heavy atom. The number of nitrogens with zero attached hydrogens (tertiary/aromatic N) is 2. The third-order valence-corrected chi connectivity index (χ3v) is 7.41. The van der Waals surface area contributed by atoms with Gasteiger partial charge in [-0.2, -0.15) is 0 Å². The fraction of sp³-hybridized carbons (Fsp3) is 0.200. The molecule has 3 aromatic rings. The number of hydrogen-bond acceptors (Lipinski definition) is 3. The van der Waals surface area contributed by atoms with Crippen LogP contribution in [0.4, 0.5) is 10.1 Å². The topological polar surface area (TPSA) is 57.7 Å². The molecule has 0 unspecified atom stereocenters. The van der Waals surface area contributed by atoms with Gasteiger partial charge in [0.1, 0.15) is 5.82 Å². The third-order valence-electron chi connectivity index (χ3n) is 5.91. The van der Waals surface area contributed by atoms with Crippen LogP contribution < -0.4 is 4.90 Å². The molecule has 7 heteroatoms. The zero-order chi connectivity index (χ0) is 22.2. The summed E-state index contributed by atoms with van der Waals surface area (Å²) in [5.74, 6) is -0.754. The largest absolute Gasteiger partial charge is 0.339 e. The average molecular weight is 449 g/mol. The predicted octanol–water partition coefficient (Wildman–Crippen LogP) is 4.39. The summed E-state index contributed by atoms with van der Waals surface area (Å²) < 4.78 is 26.9. The second kappa shape index (κ2) is 8.31. The molecule has 0 radical (unpaired) electrons. The Balaban J connectivity index is 1.64. The summed E-state index contributed by atoms with van der Waals surface area (Å²) in [5, 5.41) is 0.